The minimum absolute atomic E-state index is 0.142. The summed E-state index contributed by atoms with van der Waals surface area (Å²) in [7, 11) is 0. The number of ether oxygens (including phenoxy) is 2. The molecule has 33 heavy (non-hydrogen) atoms. The van der Waals surface area contributed by atoms with Crippen molar-refractivity contribution in [2.45, 2.75) is 6.92 Å². The van der Waals surface area contributed by atoms with Crippen LogP contribution in [0.4, 0.5) is 17.1 Å². The predicted molar refractivity (Wildman–Crippen MR) is 117 cm³/mol. The van der Waals surface area contributed by atoms with E-state index < -0.39 is 16.7 Å². The van der Waals surface area contributed by atoms with Crippen molar-refractivity contribution in [3.05, 3.63) is 57.6 Å². The Kier molecular flexibility index (Phi) is 6.22. The Morgan fingerprint density at radius 1 is 1.18 bits per heavy atom. The molecule has 0 aliphatic carbocycles. The Balaban J connectivity index is 1.52. The van der Waals surface area contributed by atoms with Crippen molar-refractivity contribution in [2.75, 3.05) is 49.7 Å². The van der Waals surface area contributed by atoms with E-state index in [4.69, 9.17) is 9.47 Å². The summed E-state index contributed by atoms with van der Waals surface area (Å²) in [5, 5.41) is 13.9. The van der Waals surface area contributed by atoms with Crippen LogP contribution in [-0.2, 0) is 14.3 Å². The van der Waals surface area contributed by atoms with Gasteiger partial charge in [0.05, 0.1) is 23.8 Å². The minimum atomic E-state index is -0.585. The second-order valence-corrected chi connectivity index (χ2v) is 7.61. The maximum absolute atomic E-state index is 12.9. The van der Waals surface area contributed by atoms with Crippen molar-refractivity contribution in [2.24, 2.45) is 0 Å². The topological polar surface area (TPSA) is 131 Å². The standard InChI is InChI=1S/C22H22N4O7/c1-14-16(22(29)24-7-9-32-10-8-24)3-2-4-17(14)23-20(27)12-25-18-11-15(26(30)31)5-6-19(18)33-13-21(25)28/h2-6,11H,7-10,12-13H2,1H3,(H,23,27). The molecule has 2 aliphatic heterocycles. The number of nitro groups is 1. The number of benzene rings is 2. The van der Waals surface area contributed by atoms with E-state index in [2.05, 4.69) is 5.32 Å². The van der Waals surface area contributed by atoms with Gasteiger partial charge in [0.1, 0.15) is 12.3 Å². The molecule has 0 unspecified atom stereocenters. The van der Waals surface area contributed by atoms with Gasteiger partial charge in [-0.25, -0.2) is 0 Å². The van der Waals surface area contributed by atoms with Gasteiger partial charge >= 0.3 is 0 Å². The Morgan fingerprint density at radius 2 is 1.94 bits per heavy atom. The average Bonchev–Trinajstić information content (AvgIpc) is 2.82. The molecule has 0 aromatic heterocycles. The summed E-state index contributed by atoms with van der Waals surface area (Å²) in [5.74, 6) is -0.869. The molecule has 11 heteroatoms. The molecule has 0 bridgehead atoms. The van der Waals surface area contributed by atoms with Crippen LogP contribution in [0, 0.1) is 17.0 Å². The van der Waals surface area contributed by atoms with Gasteiger partial charge in [-0.3, -0.25) is 29.4 Å². The minimum Gasteiger partial charge on any atom is -0.482 e. The van der Waals surface area contributed by atoms with Gasteiger partial charge in [0.15, 0.2) is 6.61 Å². The summed E-state index contributed by atoms with van der Waals surface area (Å²) < 4.78 is 10.6. The smallest absolute Gasteiger partial charge is 0.271 e. The van der Waals surface area contributed by atoms with Crippen LogP contribution in [0.2, 0.25) is 0 Å². The number of non-ortho nitro benzene ring substituents is 1. The Bertz CT molecular complexity index is 1130. The van der Waals surface area contributed by atoms with Crippen LogP contribution < -0.4 is 15.0 Å². The number of nitrogens with one attached hydrogen (secondary N) is 1. The first-order valence-corrected chi connectivity index (χ1v) is 10.3. The highest BCUT2D eigenvalue weighted by atomic mass is 16.6. The molecule has 1 N–H and O–H groups in total. The number of carbonyl (C=O) groups excluding carboxylic acids is 3. The Morgan fingerprint density at radius 3 is 2.67 bits per heavy atom. The summed E-state index contributed by atoms with van der Waals surface area (Å²) in [5.41, 5.74) is 1.45. The van der Waals surface area contributed by atoms with Gasteiger partial charge in [0.2, 0.25) is 5.91 Å². The van der Waals surface area contributed by atoms with Gasteiger partial charge in [-0.05, 0) is 30.7 Å². The molecule has 2 heterocycles. The average molecular weight is 454 g/mol. The van der Waals surface area contributed by atoms with E-state index in [1.165, 1.54) is 18.2 Å². The number of rotatable bonds is 5. The zero-order valence-electron chi connectivity index (χ0n) is 17.9. The summed E-state index contributed by atoms with van der Waals surface area (Å²) in [6.07, 6.45) is 0. The van der Waals surface area contributed by atoms with E-state index >= 15 is 0 Å². The first-order valence-electron chi connectivity index (χ1n) is 10.3. The molecule has 2 aliphatic rings. The summed E-state index contributed by atoms with van der Waals surface area (Å²) >= 11 is 0. The number of nitrogens with zero attached hydrogens (tertiary/aromatic N) is 3. The molecule has 3 amide bonds. The van der Waals surface area contributed by atoms with Gasteiger partial charge in [0.25, 0.3) is 17.5 Å². The number of anilines is 2. The van der Waals surface area contributed by atoms with Crippen LogP contribution >= 0.6 is 0 Å². The van der Waals surface area contributed by atoms with E-state index in [1.807, 2.05) is 0 Å². The highest BCUT2D eigenvalue weighted by Gasteiger charge is 2.29. The molecule has 1 fully saturated rings. The lowest BCUT2D eigenvalue weighted by Crippen LogP contribution is -2.43. The molecule has 0 saturated carbocycles. The van der Waals surface area contributed by atoms with Crippen LogP contribution in [0.15, 0.2) is 36.4 Å². The van der Waals surface area contributed by atoms with Crippen LogP contribution in [0.1, 0.15) is 15.9 Å². The highest BCUT2D eigenvalue weighted by molar-refractivity contribution is 6.06. The predicted octanol–water partition coefficient (Wildman–Crippen LogP) is 1.74. The molecule has 4 rings (SSSR count). The molecule has 172 valence electrons. The van der Waals surface area contributed by atoms with E-state index in [0.29, 0.717) is 43.1 Å². The molecule has 2 aromatic rings. The number of hydrogen-bond donors (Lipinski definition) is 1. The van der Waals surface area contributed by atoms with Crippen molar-refractivity contribution in [1.82, 2.24) is 4.90 Å². The molecule has 0 spiro atoms. The van der Waals surface area contributed by atoms with Gasteiger partial charge in [-0.1, -0.05) is 6.07 Å². The Hall–Kier alpha value is -3.99. The molecule has 2 aromatic carbocycles. The molecular weight excluding hydrogens is 432 g/mol. The molecule has 0 atom stereocenters. The number of morpholine rings is 1. The van der Waals surface area contributed by atoms with E-state index in [-0.39, 0.29) is 36.2 Å². The van der Waals surface area contributed by atoms with E-state index in [0.717, 1.165) is 4.90 Å². The number of amides is 3. The van der Waals surface area contributed by atoms with Crippen LogP contribution in [-0.4, -0.2) is 67.0 Å². The third-order valence-electron chi connectivity index (χ3n) is 5.53. The first-order chi connectivity index (χ1) is 15.8. The maximum Gasteiger partial charge on any atom is 0.271 e. The van der Waals surface area contributed by atoms with Gasteiger partial charge in [0, 0.05) is 36.5 Å². The zero-order valence-corrected chi connectivity index (χ0v) is 17.9. The largest absolute Gasteiger partial charge is 0.482 e. The lowest BCUT2D eigenvalue weighted by Gasteiger charge is -2.29. The number of hydrogen-bond acceptors (Lipinski definition) is 7. The lowest BCUT2D eigenvalue weighted by molar-refractivity contribution is -0.384. The number of nitro benzene ring substituents is 1. The van der Waals surface area contributed by atoms with Crippen LogP contribution in [0.25, 0.3) is 0 Å². The molecule has 0 radical (unpaired) electrons. The third kappa shape index (κ3) is 4.62. The van der Waals surface area contributed by atoms with Crippen molar-refractivity contribution >= 4 is 34.8 Å². The van der Waals surface area contributed by atoms with Crippen LogP contribution in [0.5, 0.6) is 5.75 Å². The van der Waals surface area contributed by atoms with Gasteiger partial charge in [-0.2, -0.15) is 0 Å². The summed E-state index contributed by atoms with van der Waals surface area (Å²) in [6.45, 7) is 3.06. The van der Waals surface area contributed by atoms with Crippen molar-refractivity contribution < 1.29 is 28.8 Å². The fourth-order valence-electron chi connectivity index (χ4n) is 3.75. The lowest BCUT2D eigenvalue weighted by atomic mass is 10.0. The zero-order chi connectivity index (χ0) is 23.5. The van der Waals surface area contributed by atoms with Gasteiger partial charge in [-0.15, -0.1) is 0 Å². The fraction of sp³-hybridized carbons (Fsp3) is 0.318. The Labute approximate surface area is 189 Å². The number of fused-ring (bicyclic) bond motifs is 1. The quantitative estimate of drug-likeness (QED) is 0.538. The summed E-state index contributed by atoms with van der Waals surface area (Å²) in [6, 6.07) is 8.91. The van der Waals surface area contributed by atoms with Crippen molar-refractivity contribution in [3.8, 4) is 5.75 Å². The maximum atomic E-state index is 12.9. The van der Waals surface area contributed by atoms with Crippen molar-refractivity contribution in [1.29, 1.82) is 0 Å². The SMILES string of the molecule is Cc1c(NC(=O)CN2C(=O)COc3ccc([N+](=O)[O-])cc32)cccc1C(=O)N1CCOCC1. The van der Waals surface area contributed by atoms with E-state index in [9.17, 15) is 24.5 Å². The van der Waals surface area contributed by atoms with E-state index in [1.54, 1.807) is 30.0 Å². The summed E-state index contributed by atoms with van der Waals surface area (Å²) in [4.78, 5) is 51.5. The molecule has 11 nitrogen and oxygen atoms in total. The van der Waals surface area contributed by atoms with Crippen LogP contribution in [0.3, 0.4) is 0 Å². The van der Waals surface area contributed by atoms with Crippen molar-refractivity contribution in [3.63, 3.8) is 0 Å². The normalized spacial score (nSPS) is 15.5. The monoisotopic (exact) mass is 454 g/mol. The second kappa shape index (κ2) is 9.25. The fourth-order valence-corrected chi connectivity index (χ4v) is 3.75. The second-order valence-electron chi connectivity index (χ2n) is 7.61. The first kappa shape index (κ1) is 22.2. The third-order valence-corrected chi connectivity index (χ3v) is 5.53. The van der Waals surface area contributed by atoms with Gasteiger partial charge < -0.3 is 19.7 Å². The highest BCUT2D eigenvalue weighted by Crippen LogP contribution is 2.35. The molecular formula is C22H22N4O7. The molecule has 1 saturated heterocycles. The number of carbonyl (C=O) groups is 3.